The summed E-state index contributed by atoms with van der Waals surface area (Å²) in [5.41, 5.74) is 9.37. The van der Waals surface area contributed by atoms with Crippen molar-refractivity contribution >= 4 is 0 Å². The van der Waals surface area contributed by atoms with Gasteiger partial charge in [-0.05, 0) is 37.4 Å². The molecule has 0 atom stereocenters. The Morgan fingerprint density at radius 1 is 0.957 bits per heavy atom. The molecule has 128 valence electrons. The van der Waals surface area contributed by atoms with Crippen LogP contribution in [0.5, 0.6) is 0 Å². The summed E-state index contributed by atoms with van der Waals surface area (Å²) >= 11 is 0. The third-order valence-electron chi connectivity index (χ3n) is 6.08. The first kappa shape index (κ1) is 16.9. The van der Waals surface area contributed by atoms with Gasteiger partial charge in [-0.25, -0.2) is 0 Å². The second kappa shape index (κ2) is 7.78. The normalized spacial score (nSPS) is 23.0. The van der Waals surface area contributed by atoms with Crippen LogP contribution in [-0.4, -0.2) is 56.1 Å². The molecule has 3 nitrogen and oxygen atoms in total. The van der Waals surface area contributed by atoms with E-state index in [0.717, 1.165) is 6.54 Å². The van der Waals surface area contributed by atoms with Crippen molar-refractivity contribution in [2.24, 2.45) is 5.73 Å². The van der Waals surface area contributed by atoms with E-state index in [2.05, 4.69) is 41.1 Å². The fourth-order valence-corrected chi connectivity index (χ4v) is 4.22. The Morgan fingerprint density at radius 3 is 2.22 bits per heavy atom. The summed E-state index contributed by atoms with van der Waals surface area (Å²) in [5, 5.41) is 0. The molecule has 1 aliphatic carbocycles. The third-order valence-corrected chi connectivity index (χ3v) is 6.08. The molecule has 2 aliphatic rings. The van der Waals surface area contributed by atoms with Crippen LogP contribution in [0.3, 0.4) is 0 Å². The van der Waals surface area contributed by atoms with E-state index in [1.54, 1.807) is 0 Å². The van der Waals surface area contributed by atoms with Gasteiger partial charge in [0.05, 0.1) is 0 Å². The number of hydrogen-bond donors (Lipinski definition) is 1. The fraction of sp³-hybridized carbons (Fsp3) is 0.700. The van der Waals surface area contributed by atoms with Gasteiger partial charge in [0.2, 0.25) is 0 Å². The molecule has 3 heteroatoms. The Labute approximate surface area is 141 Å². The average Bonchev–Trinajstić information content (AvgIpc) is 2.62. The second-order valence-electron chi connectivity index (χ2n) is 7.64. The van der Waals surface area contributed by atoms with E-state index in [4.69, 9.17) is 5.73 Å². The van der Waals surface area contributed by atoms with Gasteiger partial charge in [-0.3, -0.25) is 0 Å². The lowest BCUT2D eigenvalue weighted by atomic mass is 9.69. The summed E-state index contributed by atoms with van der Waals surface area (Å²) in [6.07, 6.45) is 7.75. The molecule has 1 aromatic rings. The highest BCUT2D eigenvalue weighted by molar-refractivity contribution is 5.30. The first-order valence-electron chi connectivity index (χ1n) is 9.42. The van der Waals surface area contributed by atoms with Gasteiger partial charge >= 0.3 is 0 Å². The number of piperazine rings is 1. The maximum absolute atomic E-state index is 6.17. The standard InChI is InChI=1S/C20H33N3/c1-22-13-15-23(16-14-22)12-9-18-5-7-19(8-6-18)20(17-21)10-3-2-4-11-20/h5-8H,2-4,9-17,21H2,1H3. The second-order valence-corrected chi connectivity index (χ2v) is 7.64. The summed E-state index contributed by atoms with van der Waals surface area (Å²) in [6.45, 7) is 6.83. The third kappa shape index (κ3) is 4.14. The predicted octanol–water partition coefficient (Wildman–Crippen LogP) is 2.64. The Hall–Kier alpha value is -0.900. The average molecular weight is 316 g/mol. The lowest BCUT2D eigenvalue weighted by Gasteiger charge is -2.37. The van der Waals surface area contributed by atoms with Crippen molar-refractivity contribution in [2.75, 3.05) is 46.3 Å². The highest BCUT2D eigenvalue weighted by Gasteiger charge is 2.32. The van der Waals surface area contributed by atoms with E-state index in [1.165, 1.54) is 82.4 Å². The first-order chi connectivity index (χ1) is 11.2. The molecule has 1 aliphatic heterocycles. The Bertz CT molecular complexity index is 468. The fourth-order valence-electron chi connectivity index (χ4n) is 4.22. The van der Waals surface area contributed by atoms with Crippen LogP contribution in [0.1, 0.15) is 43.2 Å². The van der Waals surface area contributed by atoms with Gasteiger partial charge in [-0.1, -0.05) is 43.5 Å². The highest BCUT2D eigenvalue weighted by atomic mass is 15.2. The van der Waals surface area contributed by atoms with E-state index in [0.29, 0.717) is 0 Å². The van der Waals surface area contributed by atoms with Crippen LogP contribution in [0.15, 0.2) is 24.3 Å². The lowest BCUT2D eigenvalue weighted by molar-refractivity contribution is 0.155. The van der Waals surface area contributed by atoms with Crippen molar-refractivity contribution in [2.45, 2.75) is 43.9 Å². The molecule has 2 N–H and O–H groups in total. The molecule has 0 bridgehead atoms. The number of nitrogens with two attached hydrogens (primary N) is 1. The summed E-state index contributed by atoms with van der Waals surface area (Å²) in [4.78, 5) is 5.01. The van der Waals surface area contributed by atoms with Crippen molar-refractivity contribution in [3.8, 4) is 0 Å². The van der Waals surface area contributed by atoms with E-state index in [9.17, 15) is 0 Å². The molecule has 2 fully saturated rings. The Morgan fingerprint density at radius 2 is 1.61 bits per heavy atom. The number of hydrogen-bond acceptors (Lipinski definition) is 3. The van der Waals surface area contributed by atoms with Gasteiger partial charge in [0.15, 0.2) is 0 Å². The number of likely N-dealkylation sites (N-methyl/N-ethyl adjacent to an activating group) is 1. The van der Waals surface area contributed by atoms with Crippen molar-refractivity contribution in [1.29, 1.82) is 0 Å². The zero-order chi connectivity index (χ0) is 16.1. The molecule has 1 aromatic carbocycles. The van der Waals surface area contributed by atoms with Crippen LogP contribution >= 0.6 is 0 Å². The zero-order valence-electron chi connectivity index (χ0n) is 14.8. The maximum atomic E-state index is 6.17. The van der Waals surface area contributed by atoms with Crippen LogP contribution < -0.4 is 5.73 Å². The van der Waals surface area contributed by atoms with Gasteiger partial charge in [-0.2, -0.15) is 0 Å². The van der Waals surface area contributed by atoms with Gasteiger partial charge in [0.25, 0.3) is 0 Å². The summed E-state index contributed by atoms with van der Waals surface area (Å²) in [7, 11) is 2.22. The summed E-state index contributed by atoms with van der Waals surface area (Å²) in [5.74, 6) is 0. The molecule has 0 unspecified atom stereocenters. The van der Waals surface area contributed by atoms with Gasteiger partial charge in [-0.15, -0.1) is 0 Å². The van der Waals surface area contributed by atoms with Crippen molar-refractivity contribution in [3.63, 3.8) is 0 Å². The minimum atomic E-state index is 0.258. The smallest absolute Gasteiger partial charge is 0.0110 e. The van der Waals surface area contributed by atoms with Gasteiger partial charge in [0, 0.05) is 44.7 Å². The van der Waals surface area contributed by atoms with Crippen LogP contribution in [0, 0.1) is 0 Å². The molecule has 0 amide bonds. The molecule has 3 rings (SSSR count). The van der Waals surface area contributed by atoms with Crippen molar-refractivity contribution < 1.29 is 0 Å². The topological polar surface area (TPSA) is 32.5 Å². The molecule has 1 heterocycles. The number of rotatable bonds is 5. The van der Waals surface area contributed by atoms with Crippen LogP contribution in [-0.2, 0) is 11.8 Å². The molecular formula is C20H33N3. The van der Waals surface area contributed by atoms with Crippen LogP contribution in [0.25, 0.3) is 0 Å². The number of benzene rings is 1. The van der Waals surface area contributed by atoms with E-state index in [-0.39, 0.29) is 5.41 Å². The largest absolute Gasteiger partial charge is 0.330 e. The summed E-state index contributed by atoms with van der Waals surface area (Å²) in [6, 6.07) is 9.41. The van der Waals surface area contributed by atoms with E-state index >= 15 is 0 Å². The monoisotopic (exact) mass is 315 g/mol. The first-order valence-corrected chi connectivity index (χ1v) is 9.42. The van der Waals surface area contributed by atoms with Gasteiger partial charge in [0.1, 0.15) is 0 Å². The number of nitrogens with zero attached hydrogens (tertiary/aromatic N) is 2. The van der Waals surface area contributed by atoms with Crippen LogP contribution in [0.2, 0.25) is 0 Å². The Balaban J connectivity index is 1.56. The molecular weight excluding hydrogens is 282 g/mol. The SMILES string of the molecule is CN1CCN(CCc2ccc(C3(CN)CCCCC3)cc2)CC1. The molecule has 0 aromatic heterocycles. The van der Waals surface area contributed by atoms with Gasteiger partial charge < -0.3 is 15.5 Å². The molecule has 0 spiro atoms. The Kier molecular flexibility index (Phi) is 5.73. The van der Waals surface area contributed by atoms with Crippen molar-refractivity contribution in [3.05, 3.63) is 35.4 Å². The molecule has 1 saturated heterocycles. The molecule has 0 radical (unpaired) electrons. The van der Waals surface area contributed by atoms with E-state index < -0.39 is 0 Å². The maximum Gasteiger partial charge on any atom is 0.0110 e. The predicted molar refractivity (Wildman–Crippen MR) is 97.9 cm³/mol. The summed E-state index contributed by atoms with van der Waals surface area (Å²) < 4.78 is 0. The van der Waals surface area contributed by atoms with E-state index in [1.807, 2.05) is 0 Å². The highest BCUT2D eigenvalue weighted by Crippen LogP contribution is 2.38. The lowest BCUT2D eigenvalue weighted by Crippen LogP contribution is -2.45. The minimum absolute atomic E-state index is 0.258. The molecule has 23 heavy (non-hydrogen) atoms. The zero-order valence-corrected chi connectivity index (χ0v) is 14.8. The molecule has 1 saturated carbocycles. The van der Waals surface area contributed by atoms with Crippen LogP contribution in [0.4, 0.5) is 0 Å². The quantitative estimate of drug-likeness (QED) is 0.906. The minimum Gasteiger partial charge on any atom is -0.330 e. The van der Waals surface area contributed by atoms with Crippen molar-refractivity contribution in [1.82, 2.24) is 9.80 Å².